The predicted molar refractivity (Wildman–Crippen MR) is 74.0 cm³/mol. The Bertz CT molecular complexity index is 380. The van der Waals surface area contributed by atoms with Crippen LogP contribution in [0, 0.1) is 6.92 Å². The molecule has 3 heteroatoms. The van der Waals surface area contributed by atoms with Crippen LogP contribution in [0.5, 0.6) is 5.75 Å². The molecule has 0 amide bonds. The number of aryl methyl sites for hydroxylation is 1. The van der Waals surface area contributed by atoms with E-state index in [1.54, 1.807) is 0 Å². The zero-order valence-electron chi connectivity index (χ0n) is 11.0. The zero-order valence-corrected chi connectivity index (χ0v) is 12.8. The van der Waals surface area contributed by atoms with E-state index in [9.17, 15) is 0 Å². The first kappa shape index (κ1) is 13.6. The molecule has 1 aromatic carbocycles. The quantitative estimate of drug-likeness (QED) is 0.674. The van der Waals surface area contributed by atoms with Crippen molar-refractivity contribution >= 4 is 19.9 Å². The maximum absolute atomic E-state index is 6.18. The summed E-state index contributed by atoms with van der Waals surface area (Å²) >= 11 is 6.00. The van der Waals surface area contributed by atoms with Gasteiger partial charge in [0.25, 0.3) is 0 Å². The van der Waals surface area contributed by atoms with Crippen molar-refractivity contribution in [1.82, 2.24) is 0 Å². The Morgan fingerprint density at radius 3 is 2.19 bits per heavy atom. The molecule has 1 aromatic rings. The first-order chi connectivity index (χ1) is 7.13. The Hall–Kier alpha value is -0.473. The third-order valence-corrected chi connectivity index (χ3v) is 8.09. The highest BCUT2D eigenvalue weighted by Crippen LogP contribution is 2.37. The van der Waals surface area contributed by atoms with Crippen molar-refractivity contribution in [3.63, 3.8) is 0 Å². The maximum atomic E-state index is 6.18. The van der Waals surface area contributed by atoms with Gasteiger partial charge in [0, 0.05) is 5.02 Å². The summed E-state index contributed by atoms with van der Waals surface area (Å²) in [6, 6.07) is 5.87. The van der Waals surface area contributed by atoms with Gasteiger partial charge in [-0.3, -0.25) is 0 Å². The molecule has 0 spiro atoms. The standard InChI is InChI=1S/C13H21ClOSi/c1-10-9-11(7-8-12(10)14)15-16(5,6)13(2,3)4/h7-9H,1-6H3. The minimum Gasteiger partial charge on any atom is -0.543 e. The number of halogens is 1. The maximum Gasteiger partial charge on any atom is 0.250 e. The third kappa shape index (κ3) is 3.02. The highest BCUT2D eigenvalue weighted by Gasteiger charge is 2.38. The second-order valence-corrected chi connectivity index (χ2v) is 10.9. The van der Waals surface area contributed by atoms with Gasteiger partial charge >= 0.3 is 0 Å². The fraction of sp³-hybridized carbons (Fsp3) is 0.538. The lowest BCUT2D eigenvalue weighted by Gasteiger charge is -2.36. The monoisotopic (exact) mass is 256 g/mol. The SMILES string of the molecule is Cc1cc(O[Si](C)(C)C(C)(C)C)ccc1Cl. The van der Waals surface area contributed by atoms with E-state index in [4.69, 9.17) is 16.0 Å². The van der Waals surface area contributed by atoms with E-state index < -0.39 is 8.32 Å². The molecule has 16 heavy (non-hydrogen) atoms. The molecule has 0 N–H and O–H groups in total. The lowest BCUT2D eigenvalue weighted by molar-refractivity contribution is 0.492. The average molecular weight is 257 g/mol. The molecule has 90 valence electrons. The van der Waals surface area contributed by atoms with E-state index in [0.29, 0.717) is 0 Å². The molecule has 1 rings (SSSR count). The smallest absolute Gasteiger partial charge is 0.250 e. The fourth-order valence-electron chi connectivity index (χ4n) is 1.13. The highest BCUT2D eigenvalue weighted by molar-refractivity contribution is 6.74. The highest BCUT2D eigenvalue weighted by atomic mass is 35.5. The van der Waals surface area contributed by atoms with E-state index in [2.05, 4.69) is 33.9 Å². The Labute approximate surface area is 105 Å². The summed E-state index contributed by atoms with van der Waals surface area (Å²) in [4.78, 5) is 0. The van der Waals surface area contributed by atoms with Crippen LogP contribution in [0.4, 0.5) is 0 Å². The molecule has 0 heterocycles. The lowest BCUT2D eigenvalue weighted by Crippen LogP contribution is -2.43. The molecular weight excluding hydrogens is 236 g/mol. The van der Waals surface area contributed by atoms with Crippen molar-refractivity contribution < 1.29 is 4.43 Å². The van der Waals surface area contributed by atoms with Gasteiger partial charge in [0.1, 0.15) is 5.75 Å². The van der Waals surface area contributed by atoms with Crippen molar-refractivity contribution in [2.45, 2.75) is 45.8 Å². The van der Waals surface area contributed by atoms with Gasteiger partial charge in [0.05, 0.1) is 0 Å². The van der Waals surface area contributed by atoms with E-state index >= 15 is 0 Å². The van der Waals surface area contributed by atoms with Gasteiger partial charge < -0.3 is 4.43 Å². The largest absolute Gasteiger partial charge is 0.543 e. The van der Waals surface area contributed by atoms with Crippen LogP contribution in [-0.4, -0.2) is 8.32 Å². The molecule has 0 atom stereocenters. The molecule has 0 bridgehead atoms. The van der Waals surface area contributed by atoms with Crippen LogP contribution in [0.3, 0.4) is 0 Å². The minimum atomic E-state index is -1.73. The van der Waals surface area contributed by atoms with Gasteiger partial charge in [-0.1, -0.05) is 32.4 Å². The average Bonchev–Trinajstić information content (AvgIpc) is 2.09. The number of benzene rings is 1. The molecule has 0 unspecified atom stereocenters. The molecular formula is C13H21ClOSi. The zero-order chi connectivity index (χ0) is 12.6. The Balaban J connectivity index is 2.93. The third-order valence-electron chi connectivity index (χ3n) is 3.31. The van der Waals surface area contributed by atoms with Crippen LogP contribution in [0.15, 0.2) is 18.2 Å². The molecule has 0 aromatic heterocycles. The van der Waals surface area contributed by atoms with Gasteiger partial charge in [-0.25, -0.2) is 0 Å². The molecule has 0 fully saturated rings. The number of hydrogen-bond acceptors (Lipinski definition) is 1. The van der Waals surface area contributed by atoms with Gasteiger partial charge in [0.15, 0.2) is 0 Å². The van der Waals surface area contributed by atoms with Crippen LogP contribution in [0.1, 0.15) is 26.3 Å². The summed E-state index contributed by atoms with van der Waals surface area (Å²) in [6.07, 6.45) is 0. The van der Waals surface area contributed by atoms with Gasteiger partial charge in [-0.15, -0.1) is 0 Å². The summed E-state index contributed by atoms with van der Waals surface area (Å²) in [5, 5.41) is 1.02. The molecule has 0 aliphatic rings. The van der Waals surface area contributed by atoms with Crippen LogP contribution in [0.25, 0.3) is 0 Å². The summed E-state index contributed by atoms with van der Waals surface area (Å²) in [5.41, 5.74) is 1.07. The van der Waals surface area contributed by atoms with Crippen molar-refractivity contribution in [2.24, 2.45) is 0 Å². The van der Waals surface area contributed by atoms with Crippen LogP contribution in [0.2, 0.25) is 23.2 Å². The van der Waals surface area contributed by atoms with Gasteiger partial charge in [0.2, 0.25) is 8.32 Å². The van der Waals surface area contributed by atoms with Crippen molar-refractivity contribution in [3.8, 4) is 5.75 Å². The first-order valence-electron chi connectivity index (χ1n) is 5.59. The Kier molecular flexibility index (Phi) is 3.75. The van der Waals surface area contributed by atoms with E-state index in [-0.39, 0.29) is 5.04 Å². The van der Waals surface area contributed by atoms with Crippen molar-refractivity contribution in [3.05, 3.63) is 28.8 Å². The summed E-state index contributed by atoms with van der Waals surface area (Å²) in [5.74, 6) is 0.938. The molecule has 0 saturated carbocycles. The van der Waals surface area contributed by atoms with E-state index in [1.807, 2.05) is 25.1 Å². The molecule has 0 aliphatic carbocycles. The summed E-state index contributed by atoms with van der Waals surface area (Å²) in [6.45, 7) is 13.2. The van der Waals surface area contributed by atoms with Crippen LogP contribution >= 0.6 is 11.6 Å². The minimum absolute atomic E-state index is 0.223. The summed E-state index contributed by atoms with van der Waals surface area (Å²) < 4.78 is 6.18. The lowest BCUT2D eigenvalue weighted by atomic mass is 10.2. The molecule has 1 nitrogen and oxygen atoms in total. The summed E-state index contributed by atoms with van der Waals surface area (Å²) in [7, 11) is -1.73. The second-order valence-electron chi connectivity index (χ2n) is 5.77. The first-order valence-corrected chi connectivity index (χ1v) is 8.87. The number of rotatable bonds is 2. The van der Waals surface area contributed by atoms with E-state index in [0.717, 1.165) is 16.3 Å². The normalized spacial score (nSPS) is 12.7. The van der Waals surface area contributed by atoms with Crippen LogP contribution in [-0.2, 0) is 0 Å². The number of hydrogen-bond donors (Lipinski definition) is 0. The second kappa shape index (κ2) is 4.42. The topological polar surface area (TPSA) is 9.23 Å². The van der Waals surface area contributed by atoms with Gasteiger partial charge in [-0.2, -0.15) is 0 Å². The van der Waals surface area contributed by atoms with E-state index in [1.165, 1.54) is 0 Å². The van der Waals surface area contributed by atoms with Crippen molar-refractivity contribution in [2.75, 3.05) is 0 Å². The van der Waals surface area contributed by atoms with Crippen molar-refractivity contribution in [1.29, 1.82) is 0 Å². The Morgan fingerprint density at radius 1 is 1.19 bits per heavy atom. The predicted octanol–water partition coefficient (Wildman–Crippen LogP) is 5.03. The molecule has 0 aliphatic heterocycles. The van der Waals surface area contributed by atoms with Crippen LogP contribution < -0.4 is 4.43 Å². The Morgan fingerprint density at radius 2 is 1.75 bits per heavy atom. The fourth-order valence-corrected chi connectivity index (χ4v) is 2.27. The molecule has 0 saturated heterocycles. The van der Waals surface area contributed by atoms with Gasteiger partial charge in [-0.05, 0) is 48.8 Å². The molecule has 0 radical (unpaired) electrons.